The summed E-state index contributed by atoms with van der Waals surface area (Å²) in [5.41, 5.74) is 10.2. The number of hydrogen-bond acceptors (Lipinski definition) is 5. The smallest absolute Gasteiger partial charge is 0.164 e. The lowest BCUT2D eigenvalue weighted by Gasteiger charge is -2.11. The fourth-order valence-electron chi connectivity index (χ4n) is 7.34. The third-order valence-corrected chi connectivity index (χ3v) is 10.3. The van der Waals surface area contributed by atoms with Crippen LogP contribution in [0.2, 0.25) is 0 Å². The van der Waals surface area contributed by atoms with Gasteiger partial charge in [-0.25, -0.2) is 24.9 Å². The van der Waals surface area contributed by atoms with E-state index in [2.05, 4.69) is 164 Å². The molecule has 0 atom stereocenters. The highest BCUT2D eigenvalue weighted by Gasteiger charge is 2.15. The zero-order valence-corrected chi connectivity index (χ0v) is 30.3. The Morgan fingerprint density at radius 2 is 0.679 bits per heavy atom. The minimum atomic E-state index is 0.589. The van der Waals surface area contributed by atoms with Gasteiger partial charge < -0.3 is 0 Å². The van der Waals surface area contributed by atoms with Crippen LogP contribution >= 0.6 is 0 Å². The van der Waals surface area contributed by atoms with E-state index in [-0.39, 0.29) is 0 Å². The fraction of sp³-hybridized carbons (Fsp3) is 0. The molecule has 10 rings (SSSR count). The van der Waals surface area contributed by atoms with Crippen molar-refractivity contribution >= 4 is 21.5 Å². The number of nitrogens with zero attached hydrogens (tertiary/aromatic N) is 5. The summed E-state index contributed by atoms with van der Waals surface area (Å²) in [6.45, 7) is 0. The van der Waals surface area contributed by atoms with E-state index in [4.69, 9.17) is 24.9 Å². The predicted molar refractivity (Wildman–Crippen MR) is 228 cm³/mol. The van der Waals surface area contributed by atoms with Crippen LogP contribution in [0.4, 0.5) is 0 Å². The SMILES string of the molecule is c1ccc(-c2ccc(-c3nc(-c4ccc(-c5ccccc5)cc4)nc(-c4cccc(-c5cnc(-c6cc7ccccc7c7ccccc67)nc5)c4)n3)cc2)cc1. The van der Waals surface area contributed by atoms with Gasteiger partial charge in [-0.1, -0.05) is 176 Å². The molecular formula is C51H33N5. The Bertz CT molecular complexity index is 2880. The normalized spacial score (nSPS) is 11.2. The van der Waals surface area contributed by atoms with Crippen molar-refractivity contribution in [3.8, 4) is 78.9 Å². The molecule has 0 saturated heterocycles. The maximum absolute atomic E-state index is 5.06. The van der Waals surface area contributed by atoms with Gasteiger partial charge in [0.15, 0.2) is 23.3 Å². The van der Waals surface area contributed by atoms with Gasteiger partial charge in [0.2, 0.25) is 0 Å². The largest absolute Gasteiger partial charge is 0.236 e. The van der Waals surface area contributed by atoms with Crippen molar-refractivity contribution < 1.29 is 0 Å². The van der Waals surface area contributed by atoms with E-state index in [1.54, 1.807) is 0 Å². The van der Waals surface area contributed by atoms with Gasteiger partial charge in [-0.05, 0) is 61.5 Å². The summed E-state index contributed by atoms with van der Waals surface area (Å²) < 4.78 is 0. The quantitative estimate of drug-likeness (QED) is 0.154. The highest BCUT2D eigenvalue weighted by molar-refractivity contribution is 6.13. The lowest BCUT2D eigenvalue weighted by Crippen LogP contribution is -2.00. The van der Waals surface area contributed by atoms with Crippen molar-refractivity contribution in [3.05, 3.63) is 200 Å². The van der Waals surface area contributed by atoms with Crippen LogP contribution in [-0.2, 0) is 0 Å². The highest BCUT2D eigenvalue weighted by Crippen LogP contribution is 2.35. The first-order chi connectivity index (χ1) is 27.7. The molecular weight excluding hydrogens is 683 g/mol. The summed E-state index contributed by atoms with van der Waals surface area (Å²) in [6.07, 6.45) is 3.80. The van der Waals surface area contributed by atoms with Gasteiger partial charge in [0.25, 0.3) is 0 Å². The molecule has 0 fully saturated rings. The van der Waals surface area contributed by atoms with Crippen LogP contribution in [0.5, 0.6) is 0 Å². The molecule has 0 saturated carbocycles. The van der Waals surface area contributed by atoms with E-state index in [1.165, 1.54) is 10.8 Å². The molecule has 10 aromatic rings. The maximum atomic E-state index is 5.06. The molecule has 0 N–H and O–H groups in total. The van der Waals surface area contributed by atoms with Crippen LogP contribution < -0.4 is 0 Å². The van der Waals surface area contributed by atoms with Crippen molar-refractivity contribution in [1.82, 2.24) is 24.9 Å². The van der Waals surface area contributed by atoms with Crippen LogP contribution in [0.1, 0.15) is 0 Å². The summed E-state index contributed by atoms with van der Waals surface area (Å²) in [5.74, 6) is 2.50. The van der Waals surface area contributed by atoms with E-state index in [9.17, 15) is 0 Å². The van der Waals surface area contributed by atoms with Crippen LogP contribution in [-0.4, -0.2) is 24.9 Å². The second-order valence-electron chi connectivity index (χ2n) is 13.8. The molecule has 0 aliphatic carbocycles. The average molecular weight is 716 g/mol. The van der Waals surface area contributed by atoms with Crippen LogP contribution in [0.25, 0.3) is 100 Å². The third kappa shape index (κ3) is 6.37. The summed E-state index contributed by atoms with van der Waals surface area (Å²) >= 11 is 0. The van der Waals surface area contributed by atoms with Gasteiger partial charge in [-0.15, -0.1) is 0 Å². The molecule has 8 aromatic carbocycles. The number of benzene rings is 8. The number of hydrogen-bond donors (Lipinski definition) is 0. The van der Waals surface area contributed by atoms with E-state index in [0.29, 0.717) is 23.3 Å². The van der Waals surface area contributed by atoms with Crippen molar-refractivity contribution in [3.63, 3.8) is 0 Å². The van der Waals surface area contributed by atoms with Crippen molar-refractivity contribution in [2.45, 2.75) is 0 Å². The topological polar surface area (TPSA) is 64.5 Å². The van der Waals surface area contributed by atoms with Gasteiger partial charge in [-0.3, -0.25) is 0 Å². The second kappa shape index (κ2) is 14.3. The minimum absolute atomic E-state index is 0.589. The molecule has 262 valence electrons. The van der Waals surface area contributed by atoms with Crippen LogP contribution in [0.15, 0.2) is 200 Å². The summed E-state index contributed by atoms with van der Waals surface area (Å²) in [4.78, 5) is 24.9. The molecule has 5 nitrogen and oxygen atoms in total. The first-order valence-electron chi connectivity index (χ1n) is 18.7. The van der Waals surface area contributed by atoms with Crippen LogP contribution in [0.3, 0.4) is 0 Å². The summed E-state index contributed by atoms with van der Waals surface area (Å²) in [6, 6.07) is 64.9. The van der Waals surface area contributed by atoms with Gasteiger partial charge in [-0.2, -0.15) is 0 Å². The molecule has 0 aliphatic rings. The maximum Gasteiger partial charge on any atom is 0.164 e. The van der Waals surface area contributed by atoms with E-state index in [1.807, 2.05) is 36.7 Å². The molecule has 5 heteroatoms. The monoisotopic (exact) mass is 715 g/mol. The zero-order valence-electron chi connectivity index (χ0n) is 30.3. The molecule has 0 bridgehead atoms. The number of aromatic nitrogens is 5. The zero-order chi connectivity index (χ0) is 37.3. The molecule has 0 unspecified atom stereocenters. The first-order valence-corrected chi connectivity index (χ1v) is 18.7. The molecule has 2 heterocycles. The van der Waals surface area contributed by atoms with Crippen molar-refractivity contribution in [2.75, 3.05) is 0 Å². The molecule has 2 aromatic heterocycles. The Labute approximate surface area is 324 Å². The molecule has 0 aliphatic heterocycles. The Morgan fingerprint density at radius 1 is 0.250 bits per heavy atom. The third-order valence-electron chi connectivity index (χ3n) is 10.3. The minimum Gasteiger partial charge on any atom is -0.236 e. The lowest BCUT2D eigenvalue weighted by atomic mass is 9.97. The summed E-state index contributed by atoms with van der Waals surface area (Å²) in [7, 11) is 0. The second-order valence-corrected chi connectivity index (χ2v) is 13.8. The summed E-state index contributed by atoms with van der Waals surface area (Å²) in [5, 5.41) is 4.71. The predicted octanol–water partition coefficient (Wildman–Crippen LogP) is 12.6. The molecule has 0 amide bonds. The van der Waals surface area contributed by atoms with Crippen molar-refractivity contribution in [2.24, 2.45) is 0 Å². The highest BCUT2D eigenvalue weighted by atomic mass is 15.0. The fourth-order valence-corrected chi connectivity index (χ4v) is 7.34. The Hall–Kier alpha value is -7.63. The number of fused-ring (bicyclic) bond motifs is 3. The van der Waals surface area contributed by atoms with E-state index in [0.717, 1.165) is 66.4 Å². The first kappa shape index (κ1) is 33.0. The lowest BCUT2D eigenvalue weighted by molar-refractivity contribution is 1.07. The average Bonchev–Trinajstić information content (AvgIpc) is 3.29. The van der Waals surface area contributed by atoms with Gasteiger partial charge in [0.1, 0.15) is 0 Å². The molecule has 0 spiro atoms. The van der Waals surface area contributed by atoms with Crippen LogP contribution in [0, 0.1) is 0 Å². The number of rotatable bonds is 7. The van der Waals surface area contributed by atoms with Gasteiger partial charge in [0, 0.05) is 40.2 Å². The Kier molecular flexibility index (Phi) is 8.43. The Morgan fingerprint density at radius 3 is 1.27 bits per heavy atom. The van der Waals surface area contributed by atoms with E-state index >= 15 is 0 Å². The van der Waals surface area contributed by atoms with Gasteiger partial charge >= 0.3 is 0 Å². The molecule has 0 radical (unpaired) electrons. The Balaban J connectivity index is 1.02. The van der Waals surface area contributed by atoms with E-state index < -0.39 is 0 Å². The molecule has 56 heavy (non-hydrogen) atoms. The standard InChI is InChI=1S/C51H33N5/c1-3-12-34(13-4-1)36-22-26-38(27-23-36)48-54-49(39-28-24-37(25-29-39)35-14-5-2-6-15-35)56-50(55-48)42-18-11-17-40(30-42)43-32-52-51(53-33-43)47-31-41-16-7-8-19-44(41)45-20-9-10-21-46(45)47/h1-33H. The van der Waals surface area contributed by atoms with Gasteiger partial charge in [0.05, 0.1) is 0 Å². The van der Waals surface area contributed by atoms with Crippen molar-refractivity contribution in [1.29, 1.82) is 0 Å².